The van der Waals surface area contributed by atoms with Crippen LogP contribution in [0.1, 0.15) is 9.67 Å². The third-order valence-electron chi connectivity index (χ3n) is 3.87. The summed E-state index contributed by atoms with van der Waals surface area (Å²) in [6.07, 6.45) is 3.52. The highest BCUT2D eigenvalue weighted by molar-refractivity contribution is 7.12. The number of thiophene rings is 1. The van der Waals surface area contributed by atoms with Crippen LogP contribution in [0.4, 0.5) is 11.5 Å². The second-order valence-electron chi connectivity index (χ2n) is 5.54. The molecule has 0 unspecified atom stereocenters. The van der Waals surface area contributed by atoms with E-state index in [1.807, 2.05) is 41.8 Å². The topological polar surface area (TPSA) is 71.8 Å². The van der Waals surface area contributed by atoms with Crippen molar-refractivity contribution in [3.63, 3.8) is 0 Å². The maximum absolute atomic E-state index is 11.7. The van der Waals surface area contributed by atoms with Crippen molar-refractivity contribution in [2.24, 2.45) is 0 Å². The number of para-hydroxylation sites is 1. The number of carbonyl (C=O) groups is 1. The Kier molecular flexibility index (Phi) is 4.32. The molecule has 0 aliphatic carbocycles. The maximum Gasteiger partial charge on any atom is 0.261 e. The molecule has 8 heteroatoms. The van der Waals surface area contributed by atoms with E-state index in [9.17, 15) is 4.79 Å². The number of pyridine rings is 1. The Morgan fingerprint density at radius 1 is 1.23 bits per heavy atom. The number of benzene rings is 1. The minimum Gasteiger partial charge on any atom is -0.354 e. The number of carbonyl (C=O) groups excluding carboxylic acids is 1. The van der Waals surface area contributed by atoms with Gasteiger partial charge in [0.05, 0.1) is 39.2 Å². The monoisotopic (exact) mass is 382 g/mol. The Morgan fingerprint density at radius 3 is 2.88 bits per heavy atom. The molecule has 4 rings (SSSR count). The molecule has 2 N–H and O–H groups in total. The first-order chi connectivity index (χ1) is 12.7. The van der Waals surface area contributed by atoms with Crippen LogP contribution in [0.5, 0.6) is 0 Å². The molecule has 1 aromatic carbocycles. The lowest BCUT2D eigenvalue weighted by molar-refractivity contribution is 0.0967. The number of nitrogens with zero attached hydrogens (tertiary/aromatic N) is 3. The molecule has 3 heterocycles. The first kappa shape index (κ1) is 16.6. The van der Waals surface area contributed by atoms with Gasteiger partial charge in [0.2, 0.25) is 0 Å². The van der Waals surface area contributed by atoms with E-state index in [1.165, 1.54) is 11.3 Å². The van der Waals surface area contributed by atoms with Gasteiger partial charge in [-0.05, 0) is 24.3 Å². The largest absolute Gasteiger partial charge is 0.354 e. The van der Waals surface area contributed by atoms with Gasteiger partial charge in [0.1, 0.15) is 5.82 Å². The number of anilines is 2. The van der Waals surface area contributed by atoms with Crippen LogP contribution in [0.15, 0.2) is 54.2 Å². The zero-order chi connectivity index (χ0) is 18.1. The highest BCUT2D eigenvalue weighted by atomic mass is 35.5. The summed E-state index contributed by atoms with van der Waals surface area (Å²) in [6.45, 7) is 0. The Morgan fingerprint density at radius 2 is 2.08 bits per heavy atom. The van der Waals surface area contributed by atoms with Crippen LogP contribution >= 0.6 is 22.9 Å². The number of hydrogen-bond donors (Lipinski definition) is 2. The lowest BCUT2D eigenvalue weighted by atomic mass is 10.3. The molecule has 0 saturated heterocycles. The normalized spacial score (nSPS) is 10.8. The number of fused-ring (bicyclic) bond motifs is 1. The molecular weight excluding hydrogens is 369 g/mol. The zero-order valence-electron chi connectivity index (χ0n) is 13.7. The van der Waals surface area contributed by atoms with E-state index in [-0.39, 0.29) is 5.91 Å². The molecule has 0 bridgehead atoms. The van der Waals surface area contributed by atoms with Crippen LogP contribution in [0.3, 0.4) is 0 Å². The average molecular weight is 383 g/mol. The number of amides is 1. The lowest BCUT2D eigenvalue weighted by Crippen LogP contribution is -2.16. The first-order valence-corrected chi connectivity index (χ1v) is 9.08. The van der Waals surface area contributed by atoms with Gasteiger partial charge in [-0.25, -0.2) is 9.67 Å². The first-order valence-electron chi connectivity index (χ1n) is 7.82. The number of aromatic nitrogens is 3. The van der Waals surface area contributed by atoms with Gasteiger partial charge in [-0.15, -0.1) is 11.3 Å². The van der Waals surface area contributed by atoms with Crippen molar-refractivity contribution in [3.8, 4) is 5.69 Å². The SMILES string of the molecule is [11CH3]NC(=O)c1cc(-n2ncc3cc(Nc4ccccc4Cl)ncc32)cs1. The quantitative estimate of drug-likeness (QED) is 0.553. The van der Waals surface area contributed by atoms with Crippen LogP contribution in [0, 0.1) is 0 Å². The summed E-state index contributed by atoms with van der Waals surface area (Å²) in [5.74, 6) is 0.573. The molecule has 130 valence electrons. The van der Waals surface area contributed by atoms with Crippen LogP contribution in [0.2, 0.25) is 5.02 Å². The van der Waals surface area contributed by atoms with Gasteiger partial charge >= 0.3 is 0 Å². The van der Waals surface area contributed by atoms with Crippen molar-refractivity contribution in [1.82, 2.24) is 20.1 Å². The highest BCUT2D eigenvalue weighted by Crippen LogP contribution is 2.27. The van der Waals surface area contributed by atoms with Crippen LogP contribution in [-0.4, -0.2) is 27.7 Å². The number of rotatable bonds is 4. The molecule has 0 fully saturated rings. The minimum atomic E-state index is -0.109. The minimum absolute atomic E-state index is 0.109. The molecule has 0 atom stereocenters. The predicted octanol–water partition coefficient (Wildman–Crippen LogP) is 4.24. The summed E-state index contributed by atoms with van der Waals surface area (Å²) in [6, 6.07) is 11.2. The van der Waals surface area contributed by atoms with E-state index >= 15 is 0 Å². The molecule has 26 heavy (non-hydrogen) atoms. The van der Waals surface area contributed by atoms with Crippen molar-refractivity contribution >= 4 is 51.3 Å². The van der Waals surface area contributed by atoms with E-state index in [0.717, 1.165) is 22.3 Å². The molecule has 0 spiro atoms. The fourth-order valence-electron chi connectivity index (χ4n) is 2.58. The average Bonchev–Trinajstić information content (AvgIpc) is 3.29. The smallest absolute Gasteiger partial charge is 0.261 e. The Labute approximate surface area is 158 Å². The fraction of sp³-hybridized carbons (Fsp3) is 0.0556. The second-order valence-corrected chi connectivity index (χ2v) is 6.86. The van der Waals surface area contributed by atoms with Gasteiger partial charge in [0, 0.05) is 17.8 Å². The molecule has 6 nitrogen and oxygen atoms in total. The lowest BCUT2D eigenvalue weighted by Gasteiger charge is -2.07. The highest BCUT2D eigenvalue weighted by Gasteiger charge is 2.12. The summed E-state index contributed by atoms with van der Waals surface area (Å²) in [5, 5.41) is 13.7. The van der Waals surface area contributed by atoms with Crippen molar-refractivity contribution in [1.29, 1.82) is 0 Å². The van der Waals surface area contributed by atoms with Gasteiger partial charge in [-0.1, -0.05) is 23.7 Å². The van der Waals surface area contributed by atoms with Gasteiger partial charge in [-0.3, -0.25) is 4.79 Å². The summed E-state index contributed by atoms with van der Waals surface area (Å²) < 4.78 is 1.77. The summed E-state index contributed by atoms with van der Waals surface area (Å²) in [5.41, 5.74) is 2.48. The molecule has 0 aliphatic heterocycles. The summed E-state index contributed by atoms with van der Waals surface area (Å²) in [7, 11) is 1.61. The van der Waals surface area contributed by atoms with E-state index in [1.54, 1.807) is 24.1 Å². The fourth-order valence-corrected chi connectivity index (χ4v) is 3.58. The summed E-state index contributed by atoms with van der Waals surface area (Å²) in [4.78, 5) is 16.8. The molecule has 0 radical (unpaired) electrons. The van der Waals surface area contributed by atoms with E-state index in [2.05, 4.69) is 20.7 Å². The molecule has 4 aromatic rings. The Balaban J connectivity index is 1.66. The number of nitrogens with one attached hydrogen (secondary N) is 2. The van der Waals surface area contributed by atoms with E-state index < -0.39 is 0 Å². The standard InChI is InChI=1S/C18H14ClN5OS/c1-20-18(25)16-7-12(10-26-16)24-15-9-21-17(6-11(15)8-22-24)23-14-5-3-2-4-13(14)19/h2-10H,1H3,(H,20,25)(H,21,23)/i1-1. The maximum atomic E-state index is 11.7. The van der Waals surface area contributed by atoms with Gasteiger partial charge in [0.15, 0.2) is 0 Å². The van der Waals surface area contributed by atoms with E-state index in [4.69, 9.17) is 11.6 Å². The summed E-state index contributed by atoms with van der Waals surface area (Å²) >= 11 is 7.55. The Hall–Kier alpha value is -2.90. The van der Waals surface area contributed by atoms with Crippen molar-refractivity contribution in [2.45, 2.75) is 0 Å². The van der Waals surface area contributed by atoms with Crippen molar-refractivity contribution in [2.75, 3.05) is 12.4 Å². The Bertz CT molecular complexity index is 1100. The predicted molar refractivity (Wildman–Crippen MR) is 105 cm³/mol. The third-order valence-corrected chi connectivity index (χ3v) is 5.12. The van der Waals surface area contributed by atoms with E-state index in [0.29, 0.717) is 15.7 Å². The van der Waals surface area contributed by atoms with Crippen LogP contribution in [0.25, 0.3) is 16.6 Å². The van der Waals surface area contributed by atoms with Crippen molar-refractivity contribution < 1.29 is 4.79 Å². The van der Waals surface area contributed by atoms with Crippen molar-refractivity contribution in [3.05, 3.63) is 64.1 Å². The molecule has 3 aromatic heterocycles. The number of hydrogen-bond acceptors (Lipinski definition) is 5. The van der Waals surface area contributed by atoms with Crippen LogP contribution in [-0.2, 0) is 0 Å². The third kappa shape index (κ3) is 3.02. The van der Waals surface area contributed by atoms with Gasteiger partial charge in [-0.2, -0.15) is 5.10 Å². The zero-order valence-corrected chi connectivity index (χ0v) is 15.3. The second kappa shape index (κ2) is 6.78. The molecule has 1 amide bonds. The molecular formula is C18H14ClN5OS. The number of halogens is 1. The van der Waals surface area contributed by atoms with Gasteiger partial charge < -0.3 is 10.6 Å². The molecule has 0 aliphatic rings. The van der Waals surface area contributed by atoms with Crippen LogP contribution < -0.4 is 10.6 Å². The molecule has 0 saturated carbocycles. The van der Waals surface area contributed by atoms with Gasteiger partial charge in [0.25, 0.3) is 5.91 Å².